The van der Waals surface area contributed by atoms with Crippen molar-refractivity contribution in [1.82, 2.24) is 0 Å². The molecule has 0 aliphatic carbocycles. The molecule has 0 fully saturated rings. The third-order valence-corrected chi connectivity index (χ3v) is 1.33. The molecule has 0 aliphatic rings. The van der Waals surface area contributed by atoms with E-state index in [2.05, 4.69) is 12.2 Å². The van der Waals surface area contributed by atoms with Gasteiger partial charge in [0.2, 0.25) is 0 Å². The zero-order valence-corrected chi connectivity index (χ0v) is 5.69. The summed E-state index contributed by atoms with van der Waals surface area (Å²) in [6, 6.07) is -0.338. The molecule has 0 radical (unpaired) electrons. The summed E-state index contributed by atoms with van der Waals surface area (Å²) in [4.78, 5) is 0. The van der Waals surface area contributed by atoms with Crippen LogP contribution in [0.5, 0.6) is 0 Å². The molecule has 0 rings (SSSR count). The summed E-state index contributed by atoms with van der Waals surface area (Å²) in [5.74, 6) is 0. The second kappa shape index (κ2) is 3.95. The largest absolute Gasteiger partial charge is 0.391 e. The highest BCUT2D eigenvalue weighted by molar-refractivity contribution is 7.79. The summed E-state index contributed by atoms with van der Waals surface area (Å²) in [6.07, 6.45) is 0.196. The fourth-order valence-corrected chi connectivity index (χ4v) is 0.544. The number of aliphatic hydroxyl groups is 1. The van der Waals surface area contributed by atoms with E-state index in [4.69, 9.17) is 10.8 Å². The van der Waals surface area contributed by atoms with Crippen molar-refractivity contribution < 1.29 is 5.11 Å². The van der Waals surface area contributed by atoms with Crippen LogP contribution in [0.25, 0.3) is 0 Å². The van der Waals surface area contributed by atoms with Crippen molar-refractivity contribution in [3.63, 3.8) is 0 Å². The summed E-state index contributed by atoms with van der Waals surface area (Å²) < 4.78 is 0. The van der Waals surface area contributed by atoms with E-state index in [1.54, 1.807) is 0 Å². The van der Waals surface area contributed by atoms with E-state index in [-0.39, 0.29) is 6.04 Å². The number of thiocarbonyl (C=S) groups is 1. The number of aliphatic hydroxyl groups excluding tert-OH is 1. The van der Waals surface area contributed by atoms with Crippen LogP contribution in [0.15, 0.2) is 0 Å². The van der Waals surface area contributed by atoms with E-state index < -0.39 is 6.10 Å². The molecular weight excluding hydrogens is 122 g/mol. The smallest absolute Gasteiger partial charge is 0.0732 e. The van der Waals surface area contributed by atoms with Crippen molar-refractivity contribution in [2.24, 2.45) is 5.73 Å². The lowest BCUT2D eigenvalue weighted by Gasteiger charge is -2.10. The highest BCUT2D eigenvalue weighted by atomic mass is 32.1. The molecule has 0 heterocycles. The standard InChI is InChI=1S/C5H11NOS/c1-2-5(7)4(6)3-8/h3-5,7H,2,6H2,1H3. The molecule has 2 atom stereocenters. The second-order valence-corrected chi connectivity index (χ2v) is 1.96. The van der Waals surface area contributed by atoms with Crippen LogP contribution in [0.1, 0.15) is 13.3 Å². The highest BCUT2D eigenvalue weighted by Crippen LogP contribution is 1.91. The monoisotopic (exact) mass is 133 g/mol. The van der Waals surface area contributed by atoms with Gasteiger partial charge in [0.25, 0.3) is 0 Å². The summed E-state index contributed by atoms with van der Waals surface area (Å²) in [7, 11) is 0. The third-order valence-electron chi connectivity index (χ3n) is 1.02. The predicted octanol–water partition coefficient (Wildman–Crippen LogP) is 0.0843. The molecule has 0 bridgehead atoms. The van der Waals surface area contributed by atoms with Gasteiger partial charge in [-0.2, -0.15) is 0 Å². The van der Waals surface area contributed by atoms with Crippen molar-refractivity contribution in [2.45, 2.75) is 25.5 Å². The molecule has 0 saturated carbocycles. The van der Waals surface area contributed by atoms with Crippen molar-refractivity contribution in [2.75, 3.05) is 0 Å². The number of hydrogen-bond acceptors (Lipinski definition) is 3. The molecule has 0 saturated heterocycles. The van der Waals surface area contributed by atoms with Gasteiger partial charge >= 0.3 is 0 Å². The molecule has 0 amide bonds. The SMILES string of the molecule is CCC(O)C(N)C=S. The number of hydrogen-bond donors (Lipinski definition) is 2. The Balaban J connectivity index is 3.44. The van der Waals surface area contributed by atoms with E-state index in [0.29, 0.717) is 6.42 Å². The summed E-state index contributed by atoms with van der Waals surface area (Å²) in [5.41, 5.74) is 5.32. The Morgan fingerprint density at radius 2 is 2.38 bits per heavy atom. The van der Waals surface area contributed by atoms with E-state index in [9.17, 15) is 0 Å². The van der Waals surface area contributed by atoms with Crippen LogP contribution in [-0.2, 0) is 0 Å². The maximum Gasteiger partial charge on any atom is 0.0732 e. The fourth-order valence-electron chi connectivity index (χ4n) is 0.363. The van der Waals surface area contributed by atoms with Crippen LogP contribution in [0.4, 0.5) is 0 Å². The molecular formula is C5H11NOS. The Bertz CT molecular complexity index is 76.8. The average molecular weight is 133 g/mol. The highest BCUT2D eigenvalue weighted by Gasteiger charge is 2.07. The van der Waals surface area contributed by atoms with Crippen molar-refractivity contribution >= 4 is 17.6 Å². The number of rotatable bonds is 3. The van der Waals surface area contributed by atoms with Crippen molar-refractivity contribution in [3.8, 4) is 0 Å². The van der Waals surface area contributed by atoms with Crippen LogP contribution in [0.3, 0.4) is 0 Å². The van der Waals surface area contributed by atoms with E-state index >= 15 is 0 Å². The van der Waals surface area contributed by atoms with Gasteiger partial charge in [-0.15, -0.1) is 0 Å². The lowest BCUT2D eigenvalue weighted by atomic mass is 10.1. The molecule has 3 N–H and O–H groups in total. The van der Waals surface area contributed by atoms with Gasteiger partial charge in [-0.3, -0.25) is 0 Å². The lowest BCUT2D eigenvalue weighted by Crippen LogP contribution is -2.34. The molecule has 0 spiro atoms. The Labute approximate surface area is 54.7 Å². The van der Waals surface area contributed by atoms with Gasteiger partial charge in [0.05, 0.1) is 12.1 Å². The second-order valence-electron chi connectivity index (χ2n) is 1.69. The van der Waals surface area contributed by atoms with Gasteiger partial charge in [-0.05, 0) is 11.8 Å². The predicted molar refractivity (Wildman–Crippen MR) is 37.9 cm³/mol. The third kappa shape index (κ3) is 2.35. The van der Waals surface area contributed by atoms with Gasteiger partial charge in [0.1, 0.15) is 0 Å². The molecule has 0 aromatic heterocycles. The first-order valence-electron chi connectivity index (χ1n) is 2.61. The van der Waals surface area contributed by atoms with E-state index in [0.717, 1.165) is 0 Å². The molecule has 2 nitrogen and oxygen atoms in total. The average Bonchev–Trinajstić information content (AvgIpc) is 1.84. The van der Waals surface area contributed by atoms with Crippen LogP contribution in [0, 0.1) is 0 Å². The Hall–Kier alpha value is 0.01000. The number of nitrogens with two attached hydrogens (primary N) is 1. The molecule has 8 heavy (non-hydrogen) atoms. The summed E-state index contributed by atoms with van der Waals surface area (Å²) >= 11 is 4.51. The quantitative estimate of drug-likeness (QED) is 0.536. The minimum Gasteiger partial charge on any atom is -0.391 e. The van der Waals surface area contributed by atoms with Crippen LogP contribution in [-0.4, -0.2) is 22.6 Å². The van der Waals surface area contributed by atoms with E-state index in [1.165, 1.54) is 5.37 Å². The summed E-state index contributed by atoms with van der Waals surface area (Å²) in [6.45, 7) is 1.86. The first kappa shape index (κ1) is 8.01. The molecule has 0 aromatic carbocycles. The van der Waals surface area contributed by atoms with Crippen molar-refractivity contribution in [1.29, 1.82) is 0 Å². The zero-order chi connectivity index (χ0) is 6.57. The normalized spacial score (nSPS) is 17.4. The molecule has 0 aromatic rings. The lowest BCUT2D eigenvalue weighted by molar-refractivity contribution is 0.164. The Kier molecular flexibility index (Phi) is 3.95. The first-order chi connectivity index (χ1) is 3.72. The van der Waals surface area contributed by atoms with Crippen LogP contribution in [0.2, 0.25) is 0 Å². The molecule has 48 valence electrons. The molecule has 0 aliphatic heterocycles. The minimum atomic E-state index is -0.465. The minimum absolute atomic E-state index is 0.338. The van der Waals surface area contributed by atoms with Gasteiger partial charge in [-0.25, -0.2) is 0 Å². The first-order valence-corrected chi connectivity index (χ1v) is 3.08. The zero-order valence-electron chi connectivity index (χ0n) is 4.87. The van der Waals surface area contributed by atoms with Gasteiger partial charge in [-0.1, -0.05) is 19.1 Å². The summed E-state index contributed by atoms with van der Waals surface area (Å²) in [5, 5.41) is 10.3. The van der Waals surface area contributed by atoms with Crippen LogP contribution < -0.4 is 5.73 Å². The van der Waals surface area contributed by atoms with E-state index in [1.807, 2.05) is 6.92 Å². The van der Waals surface area contributed by atoms with Crippen LogP contribution >= 0.6 is 12.2 Å². The topological polar surface area (TPSA) is 46.2 Å². The van der Waals surface area contributed by atoms with Crippen molar-refractivity contribution in [3.05, 3.63) is 0 Å². The van der Waals surface area contributed by atoms with Gasteiger partial charge < -0.3 is 10.8 Å². The fraction of sp³-hybridized carbons (Fsp3) is 0.800. The maximum atomic E-state index is 8.90. The van der Waals surface area contributed by atoms with Gasteiger partial charge in [0.15, 0.2) is 0 Å². The molecule has 2 unspecified atom stereocenters. The Morgan fingerprint density at radius 1 is 1.88 bits per heavy atom. The maximum absolute atomic E-state index is 8.90. The molecule has 3 heteroatoms. The Morgan fingerprint density at radius 3 is 2.50 bits per heavy atom. The van der Waals surface area contributed by atoms with Gasteiger partial charge in [0, 0.05) is 0 Å².